The number of ether oxygens (including phenoxy) is 2. The SMILES string of the molecule is COC[C@H]1O[C@@H](C)CC1NC(=O)CCCCCNC(C)=O. The number of carbonyl (C=O) groups is 2. The summed E-state index contributed by atoms with van der Waals surface area (Å²) < 4.78 is 10.8. The lowest BCUT2D eigenvalue weighted by Crippen LogP contribution is -2.42. The lowest BCUT2D eigenvalue weighted by Gasteiger charge is -2.19. The van der Waals surface area contributed by atoms with Gasteiger partial charge in [0.1, 0.15) is 6.10 Å². The Kier molecular flexibility index (Phi) is 8.30. The van der Waals surface area contributed by atoms with Crippen molar-refractivity contribution in [3.63, 3.8) is 0 Å². The van der Waals surface area contributed by atoms with E-state index >= 15 is 0 Å². The van der Waals surface area contributed by atoms with Crippen LogP contribution in [0.4, 0.5) is 0 Å². The highest BCUT2D eigenvalue weighted by atomic mass is 16.5. The van der Waals surface area contributed by atoms with E-state index in [1.54, 1.807) is 7.11 Å². The van der Waals surface area contributed by atoms with Crippen LogP contribution in [-0.4, -0.2) is 50.3 Å². The van der Waals surface area contributed by atoms with Gasteiger partial charge in [-0.25, -0.2) is 0 Å². The molecule has 6 heteroatoms. The zero-order valence-electron chi connectivity index (χ0n) is 13.3. The molecule has 122 valence electrons. The number of amides is 2. The number of hydrogen-bond donors (Lipinski definition) is 2. The van der Waals surface area contributed by atoms with Crippen LogP contribution in [0.15, 0.2) is 0 Å². The maximum Gasteiger partial charge on any atom is 0.220 e. The predicted octanol–water partition coefficient (Wildman–Crippen LogP) is 0.992. The molecule has 1 saturated heterocycles. The van der Waals surface area contributed by atoms with Gasteiger partial charge in [0.15, 0.2) is 0 Å². The summed E-state index contributed by atoms with van der Waals surface area (Å²) in [6.45, 7) is 4.71. The molecule has 1 unspecified atom stereocenters. The highest BCUT2D eigenvalue weighted by Gasteiger charge is 2.33. The maximum absolute atomic E-state index is 11.9. The van der Waals surface area contributed by atoms with Gasteiger partial charge in [-0.2, -0.15) is 0 Å². The molecule has 3 atom stereocenters. The third-order valence-corrected chi connectivity index (χ3v) is 3.57. The Hall–Kier alpha value is -1.14. The van der Waals surface area contributed by atoms with Crippen molar-refractivity contribution in [1.82, 2.24) is 10.6 Å². The van der Waals surface area contributed by atoms with E-state index in [0.717, 1.165) is 25.7 Å². The van der Waals surface area contributed by atoms with Crippen molar-refractivity contribution in [1.29, 1.82) is 0 Å². The lowest BCUT2D eigenvalue weighted by atomic mass is 10.1. The molecular formula is C15H28N2O4. The molecule has 2 amide bonds. The van der Waals surface area contributed by atoms with Gasteiger partial charge < -0.3 is 20.1 Å². The quantitative estimate of drug-likeness (QED) is 0.623. The van der Waals surface area contributed by atoms with E-state index in [1.807, 2.05) is 6.92 Å². The summed E-state index contributed by atoms with van der Waals surface area (Å²) in [5.41, 5.74) is 0. The number of unbranched alkanes of at least 4 members (excludes halogenated alkanes) is 2. The normalized spacial score (nSPS) is 24.8. The second kappa shape index (κ2) is 9.73. The van der Waals surface area contributed by atoms with Crippen LogP contribution in [0.5, 0.6) is 0 Å². The molecule has 1 aliphatic heterocycles. The molecule has 6 nitrogen and oxygen atoms in total. The van der Waals surface area contributed by atoms with E-state index in [9.17, 15) is 9.59 Å². The van der Waals surface area contributed by atoms with Crippen LogP contribution in [0, 0.1) is 0 Å². The maximum atomic E-state index is 11.9. The Morgan fingerprint density at radius 1 is 1.29 bits per heavy atom. The molecular weight excluding hydrogens is 272 g/mol. The standard InChI is InChI=1S/C15H28N2O4/c1-11-9-13(14(21-11)10-20-3)17-15(19)7-5-4-6-8-16-12(2)18/h11,13-14H,4-10H2,1-3H3,(H,16,18)(H,17,19)/t11-,13?,14+/m0/s1. The topological polar surface area (TPSA) is 76.7 Å². The first-order valence-electron chi connectivity index (χ1n) is 7.71. The number of nitrogens with one attached hydrogen (secondary N) is 2. The molecule has 0 saturated carbocycles. The van der Waals surface area contributed by atoms with E-state index in [4.69, 9.17) is 9.47 Å². The summed E-state index contributed by atoms with van der Waals surface area (Å²) in [5, 5.41) is 5.79. The first-order chi connectivity index (χ1) is 10.0. The van der Waals surface area contributed by atoms with Gasteiger partial charge >= 0.3 is 0 Å². The fourth-order valence-corrected chi connectivity index (χ4v) is 2.56. The Labute approximate surface area is 126 Å². The van der Waals surface area contributed by atoms with Crippen LogP contribution in [0.25, 0.3) is 0 Å². The van der Waals surface area contributed by atoms with Gasteiger partial charge in [-0.3, -0.25) is 9.59 Å². The summed E-state index contributed by atoms with van der Waals surface area (Å²) in [4.78, 5) is 22.6. The molecule has 0 spiro atoms. The minimum Gasteiger partial charge on any atom is -0.382 e. The molecule has 2 N–H and O–H groups in total. The highest BCUT2D eigenvalue weighted by Crippen LogP contribution is 2.20. The molecule has 0 aliphatic carbocycles. The molecule has 1 rings (SSSR count). The molecule has 0 aromatic carbocycles. The van der Waals surface area contributed by atoms with Gasteiger partial charge in [-0.05, 0) is 26.2 Å². The summed E-state index contributed by atoms with van der Waals surface area (Å²) in [6, 6.07) is 0.0480. The smallest absolute Gasteiger partial charge is 0.220 e. The zero-order valence-corrected chi connectivity index (χ0v) is 13.3. The van der Waals surface area contributed by atoms with Crippen molar-refractivity contribution in [2.45, 2.75) is 64.2 Å². The first-order valence-corrected chi connectivity index (χ1v) is 7.71. The second-order valence-electron chi connectivity index (χ2n) is 5.64. The molecule has 0 aromatic rings. The van der Waals surface area contributed by atoms with Crippen LogP contribution >= 0.6 is 0 Å². The summed E-state index contributed by atoms with van der Waals surface area (Å²) in [6.07, 6.45) is 4.15. The number of rotatable bonds is 9. The largest absolute Gasteiger partial charge is 0.382 e. The molecule has 1 fully saturated rings. The monoisotopic (exact) mass is 300 g/mol. The molecule has 0 radical (unpaired) electrons. The molecule has 1 aliphatic rings. The van der Waals surface area contributed by atoms with E-state index in [1.165, 1.54) is 6.92 Å². The highest BCUT2D eigenvalue weighted by molar-refractivity contribution is 5.76. The summed E-state index contributed by atoms with van der Waals surface area (Å²) >= 11 is 0. The lowest BCUT2D eigenvalue weighted by molar-refractivity contribution is -0.122. The Morgan fingerprint density at radius 3 is 2.71 bits per heavy atom. The average Bonchev–Trinajstić information content (AvgIpc) is 2.74. The minimum absolute atomic E-state index is 0.00715. The third-order valence-electron chi connectivity index (χ3n) is 3.57. The van der Waals surface area contributed by atoms with Gasteiger partial charge in [-0.15, -0.1) is 0 Å². The number of hydrogen-bond acceptors (Lipinski definition) is 4. The van der Waals surface area contributed by atoms with E-state index < -0.39 is 0 Å². The van der Waals surface area contributed by atoms with E-state index in [-0.39, 0.29) is 30.1 Å². The van der Waals surface area contributed by atoms with Crippen LogP contribution < -0.4 is 10.6 Å². The van der Waals surface area contributed by atoms with Gasteiger partial charge in [-0.1, -0.05) is 6.42 Å². The molecule has 21 heavy (non-hydrogen) atoms. The van der Waals surface area contributed by atoms with Crippen molar-refractivity contribution in [2.75, 3.05) is 20.3 Å². The Balaban J connectivity index is 2.13. The van der Waals surface area contributed by atoms with Crippen LogP contribution in [0.1, 0.15) is 46.0 Å². The fraction of sp³-hybridized carbons (Fsp3) is 0.867. The molecule has 0 bridgehead atoms. The van der Waals surface area contributed by atoms with Crippen molar-refractivity contribution >= 4 is 11.8 Å². The van der Waals surface area contributed by atoms with Crippen LogP contribution in [0.2, 0.25) is 0 Å². The van der Waals surface area contributed by atoms with Crippen molar-refractivity contribution in [3.05, 3.63) is 0 Å². The van der Waals surface area contributed by atoms with Crippen LogP contribution in [-0.2, 0) is 19.1 Å². The van der Waals surface area contributed by atoms with Crippen molar-refractivity contribution < 1.29 is 19.1 Å². The number of carbonyl (C=O) groups excluding carboxylic acids is 2. The first kappa shape index (κ1) is 17.9. The summed E-state index contributed by atoms with van der Waals surface area (Å²) in [5.74, 6) is 0.0608. The Bertz CT molecular complexity index is 336. The van der Waals surface area contributed by atoms with Gasteiger partial charge in [0.2, 0.25) is 11.8 Å². The third kappa shape index (κ3) is 7.43. The van der Waals surface area contributed by atoms with E-state index in [0.29, 0.717) is 19.6 Å². The van der Waals surface area contributed by atoms with Gasteiger partial charge in [0.25, 0.3) is 0 Å². The van der Waals surface area contributed by atoms with Crippen molar-refractivity contribution in [2.24, 2.45) is 0 Å². The predicted molar refractivity (Wildman–Crippen MR) is 79.9 cm³/mol. The van der Waals surface area contributed by atoms with Gasteiger partial charge in [0.05, 0.1) is 18.8 Å². The molecule has 0 aromatic heterocycles. The van der Waals surface area contributed by atoms with Crippen LogP contribution in [0.3, 0.4) is 0 Å². The number of methoxy groups -OCH3 is 1. The summed E-state index contributed by atoms with van der Waals surface area (Å²) in [7, 11) is 1.64. The van der Waals surface area contributed by atoms with E-state index in [2.05, 4.69) is 10.6 Å². The second-order valence-corrected chi connectivity index (χ2v) is 5.64. The zero-order chi connectivity index (χ0) is 15.7. The van der Waals surface area contributed by atoms with Gasteiger partial charge in [0, 0.05) is 27.0 Å². The minimum atomic E-state index is -0.0475. The fourth-order valence-electron chi connectivity index (χ4n) is 2.56. The molecule has 1 heterocycles. The average molecular weight is 300 g/mol. The Morgan fingerprint density at radius 2 is 2.05 bits per heavy atom. The van der Waals surface area contributed by atoms with Crippen molar-refractivity contribution in [3.8, 4) is 0 Å².